The van der Waals surface area contributed by atoms with Gasteiger partial charge in [-0.25, -0.2) is 8.42 Å². The number of rotatable bonds is 6. The van der Waals surface area contributed by atoms with Crippen LogP contribution in [0.2, 0.25) is 0 Å². The molecule has 28 heavy (non-hydrogen) atoms. The normalized spacial score (nSPS) is 12.2. The van der Waals surface area contributed by atoms with E-state index in [-0.39, 0.29) is 16.3 Å². The molecule has 150 valence electrons. The first-order valence-electron chi connectivity index (χ1n) is 7.98. The van der Waals surface area contributed by atoms with Crippen molar-refractivity contribution in [2.24, 2.45) is 0 Å². The molecule has 0 bridgehead atoms. The predicted octanol–water partition coefficient (Wildman–Crippen LogP) is 4.10. The molecule has 0 aliphatic rings. The fourth-order valence-electron chi connectivity index (χ4n) is 2.54. The van der Waals surface area contributed by atoms with Gasteiger partial charge in [-0.1, -0.05) is 12.1 Å². The van der Waals surface area contributed by atoms with Crippen LogP contribution in [0.15, 0.2) is 45.8 Å². The van der Waals surface area contributed by atoms with E-state index in [4.69, 9.17) is 9.26 Å². The van der Waals surface area contributed by atoms with Crippen molar-refractivity contribution in [2.75, 3.05) is 11.8 Å². The van der Waals surface area contributed by atoms with Gasteiger partial charge in [0.1, 0.15) is 11.5 Å². The SMILES string of the molecule is CCc1noc2cc(OC)c(NS(=O)(=O)c3ccc(OC(F)(F)F)cc3)cc12. The molecule has 2 aromatic carbocycles. The summed E-state index contributed by atoms with van der Waals surface area (Å²) in [5, 5.41) is 4.53. The maximum absolute atomic E-state index is 12.6. The zero-order valence-corrected chi connectivity index (χ0v) is 15.5. The zero-order chi connectivity index (χ0) is 20.5. The molecule has 0 saturated heterocycles. The van der Waals surface area contributed by atoms with E-state index >= 15 is 0 Å². The Morgan fingerprint density at radius 2 is 1.86 bits per heavy atom. The summed E-state index contributed by atoms with van der Waals surface area (Å²) in [7, 11) is -2.74. The van der Waals surface area contributed by atoms with Crippen molar-refractivity contribution < 1.29 is 35.6 Å². The number of methoxy groups -OCH3 is 1. The van der Waals surface area contributed by atoms with Gasteiger partial charge < -0.3 is 14.0 Å². The Morgan fingerprint density at radius 3 is 2.43 bits per heavy atom. The van der Waals surface area contributed by atoms with Gasteiger partial charge in [-0.3, -0.25) is 4.72 Å². The third-order valence-corrected chi connectivity index (χ3v) is 5.20. The molecular weight excluding hydrogens is 401 g/mol. The molecule has 0 unspecified atom stereocenters. The van der Waals surface area contributed by atoms with Crippen molar-refractivity contribution in [2.45, 2.75) is 24.6 Å². The zero-order valence-electron chi connectivity index (χ0n) is 14.7. The standard InChI is InChI=1S/C17H15F3N2O5S/c1-3-13-12-8-14(16(25-2)9-15(12)27-21-13)22-28(23,24)11-6-4-10(5-7-11)26-17(18,19)20/h4-9,22H,3H2,1-2H3. The highest BCUT2D eigenvalue weighted by molar-refractivity contribution is 7.92. The van der Waals surface area contributed by atoms with E-state index in [0.717, 1.165) is 24.3 Å². The van der Waals surface area contributed by atoms with Crippen LogP contribution in [0.4, 0.5) is 18.9 Å². The summed E-state index contributed by atoms with van der Waals surface area (Å²) in [5.74, 6) is -0.325. The average Bonchev–Trinajstić information content (AvgIpc) is 3.01. The third kappa shape index (κ3) is 4.14. The number of alkyl halides is 3. The molecule has 0 radical (unpaired) electrons. The summed E-state index contributed by atoms with van der Waals surface area (Å²) >= 11 is 0. The van der Waals surface area contributed by atoms with Gasteiger partial charge >= 0.3 is 6.36 Å². The number of aryl methyl sites for hydroxylation is 1. The van der Waals surface area contributed by atoms with Gasteiger partial charge in [0.15, 0.2) is 5.58 Å². The molecule has 0 spiro atoms. The summed E-state index contributed by atoms with van der Waals surface area (Å²) in [6.45, 7) is 1.87. The summed E-state index contributed by atoms with van der Waals surface area (Å²) < 4.78 is 78.4. The Kier molecular flexibility index (Phi) is 5.11. The lowest BCUT2D eigenvalue weighted by molar-refractivity contribution is -0.274. The maximum Gasteiger partial charge on any atom is 0.573 e. The molecule has 1 N–H and O–H groups in total. The second kappa shape index (κ2) is 7.23. The van der Waals surface area contributed by atoms with Crippen LogP contribution >= 0.6 is 0 Å². The number of fused-ring (bicyclic) bond motifs is 1. The fourth-order valence-corrected chi connectivity index (χ4v) is 3.60. The van der Waals surface area contributed by atoms with Gasteiger partial charge in [-0.15, -0.1) is 13.2 Å². The van der Waals surface area contributed by atoms with Crippen LogP contribution in [0.5, 0.6) is 11.5 Å². The molecule has 0 aliphatic heterocycles. The lowest BCUT2D eigenvalue weighted by Gasteiger charge is -2.13. The van der Waals surface area contributed by atoms with Crippen LogP contribution in [0.3, 0.4) is 0 Å². The number of anilines is 1. The van der Waals surface area contributed by atoms with Gasteiger partial charge in [0.25, 0.3) is 10.0 Å². The van der Waals surface area contributed by atoms with Crippen LogP contribution in [-0.2, 0) is 16.4 Å². The van der Waals surface area contributed by atoms with Crippen molar-refractivity contribution in [1.82, 2.24) is 5.16 Å². The van der Waals surface area contributed by atoms with E-state index < -0.39 is 22.1 Å². The fraction of sp³-hybridized carbons (Fsp3) is 0.235. The van der Waals surface area contributed by atoms with Gasteiger partial charge in [0.2, 0.25) is 0 Å². The van der Waals surface area contributed by atoms with Crippen LogP contribution in [0, 0.1) is 0 Å². The van der Waals surface area contributed by atoms with E-state index in [2.05, 4.69) is 14.6 Å². The van der Waals surface area contributed by atoms with E-state index in [1.54, 1.807) is 0 Å². The minimum Gasteiger partial charge on any atom is -0.494 e. The molecule has 0 fully saturated rings. The average molecular weight is 416 g/mol. The first-order valence-corrected chi connectivity index (χ1v) is 9.46. The predicted molar refractivity (Wildman–Crippen MR) is 93.9 cm³/mol. The van der Waals surface area contributed by atoms with E-state index in [0.29, 0.717) is 23.1 Å². The van der Waals surface area contributed by atoms with Gasteiger partial charge in [0, 0.05) is 11.5 Å². The van der Waals surface area contributed by atoms with Crippen molar-refractivity contribution in [3.63, 3.8) is 0 Å². The first-order chi connectivity index (χ1) is 13.1. The Labute approximate surface area is 158 Å². The molecule has 3 rings (SSSR count). The summed E-state index contributed by atoms with van der Waals surface area (Å²) in [4.78, 5) is -0.245. The summed E-state index contributed by atoms with van der Waals surface area (Å²) in [6, 6.07) is 6.87. The summed E-state index contributed by atoms with van der Waals surface area (Å²) in [6.07, 6.45) is -4.29. The minimum absolute atomic E-state index is 0.142. The van der Waals surface area contributed by atoms with E-state index in [1.165, 1.54) is 19.2 Å². The smallest absolute Gasteiger partial charge is 0.494 e. The van der Waals surface area contributed by atoms with Gasteiger partial charge in [-0.05, 0) is 36.8 Å². The quantitative estimate of drug-likeness (QED) is 0.651. The van der Waals surface area contributed by atoms with E-state index in [9.17, 15) is 21.6 Å². The molecular formula is C17H15F3N2O5S. The molecule has 0 aliphatic carbocycles. The summed E-state index contributed by atoms with van der Waals surface area (Å²) in [5.41, 5.74) is 1.22. The lowest BCUT2D eigenvalue weighted by atomic mass is 10.1. The van der Waals surface area contributed by atoms with Crippen molar-refractivity contribution in [3.8, 4) is 11.5 Å². The van der Waals surface area contributed by atoms with Gasteiger partial charge in [0.05, 0.1) is 23.4 Å². The number of sulfonamides is 1. The lowest BCUT2D eigenvalue weighted by Crippen LogP contribution is -2.17. The first kappa shape index (κ1) is 19.8. The number of halogens is 3. The number of hydrogen-bond donors (Lipinski definition) is 1. The van der Waals surface area contributed by atoms with Crippen LogP contribution in [-0.4, -0.2) is 27.0 Å². The van der Waals surface area contributed by atoms with Crippen molar-refractivity contribution in [3.05, 3.63) is 42.1 Å². The molecule has 1 aromatic heterocycles. The van der Waals surface area contributed by atoms with Crippen molar-refractivity contribution in [1.29, 1.82) is 0 Å². The number of ether oxygens (including phenoxy) is 2. The van der Waals surface area contributed by atoms with Crippen LogP contribution in [0.1, 0.15) is 12.6 Å². The molecule has 0 atom stereocenters. The largest absolute Gasteiger partial charge is 0.573 e. The molecule has 0 amide bonds. The monoisotopic (exact) mass is 416 g/mol. The van der Waals surface area contributed by atoms with Gasteiger partial charge in [-0.2, -0.15) is 0 Å². The number of nitrogens with one attached hydrogen (secondary N) is 1. The minimum atomic E-state index is -4.86. The second-order valence-electron chi connectivity index (χ2n) is 5.66. The molecule has 3 aromatic rings. The maximum atomic E-state index is 12.6. The number of benzene rings is 2. The Bertz CT molecular complexity index is 1090. The third-order valence-electron chi connectivity index (χ3n) is 3.81. The Balaban J connectivity index is 1.93. The molecule has 1 heterocycles. The second-order valence-corrected chi connectivity index (χ2v) is 7.34. The van der Waals surface area contributed by atoms with Crippen LogP contribution < -0.4 is 14.2 Å². The Hall–Kier alpha value is -2.95. The van der Waals surface area contributed by atoms with E-state index in [1.807, 2.05) is 6.92 Å². The topological polar surface area (TPSA) is 90.7 Å². The number of nitrogens with zero attached hydrogens (tertiary/aromatic N) is 1. The molecule has 0 saturated carbocycles. The van der Waals surface area contributed by atoms with Crippen molar-refractivity contribution >= 4 is 26.7 Å². The molecule has 7 nitrogen and oxygen atoms in total. The highest BCUT2D eigenvalue weighted by atomic mass is 32.2. The Morgan fingerprint density at radius 1 is 1.18 bits per heavy atom. The number of aromatic nitrogens is 1. The number of hydrogen-bond acceptors (Lipinski definition) is 6. The highest BCUT2D eigenvalue weighted by Gasteiger charge is 2.31. The highest BCUT2D eigenvalue weighted by Crippen LogP contribution is 2.34. The van der Waals surface area contributed by atoms with Crippen LogP contribution in [0.25, 0.3) is 11.0 Å². The molecule has 11 heteroatoms.